The molecule has 17 rings (SSSR count). The summed E-state index contributed by atoms with van der Waals surface area (Å²) in [6.07, 6.45) is 31.6. The highest BCUT2D eigenvalue weighted by molar-refractivity contribution is 6.14. The van der Waals surface area contributed by atoms with Crippen molar-refractivity contribution in [1.82, 2.24) is 24.1 Å². The van der Waals surface area contributed by atoms with Crippen molar-refractivity contribution in [2.24, 2.45) is 16.8 Å². The second-order valence-corrected chi connectivity index (χ2v) is 23.7. The van der Waals surface area contributed by atoms with Gasteiger partial charge in [-0.25, -0.2) is 0 Å². The van der Waals surface area contributed by atoms with Crippen molar-refractivity contribution in [2.45, 2.75) is 50.9 Å². The van der Waals surface area contributed by atoms with Crippen LogP contribution >= 0.6 is 0 Å². The second kappa shape index (κ2) is 21.2. The van der Waals surface area contributed by atoms with E-state index in [0.29, 0.717) is 11.8 Å². The number of furan rings is 1. The standard InChI is InChI=1S/C80H60N6O/c1-5-21-61(71-25-9-13-41-81-71)57(17-1)51-29-35-75-65(45-51)66-46-52(58-18-2-6-22-62(58)72-26-10-14-42-82-72)30-36-76(66)85(75)55-33-39-79-69(49-55)70-50-56(34-40-80(70)87-79)86-77-37-31-53(59-19-3-7-23-63(59)73-27-11-15-43-83-73)47-67(77)68-48-54(32-38-78(68)86)60-20-4-8-24-64(60)74-28-12-16-44-84-74/h1,3,5-7,9-10,12-14,16-17,19-45,47-50,52,58,62H,2,4,8,11,15,18,46H2. The quantitative estimate of drug-likeness (QED) is 0.128. The van der Waals surface area contributed by atoms with Crippen LogP contribution in [0.3, 0.4) is 0 Å². The number of fused-ring (bicyclic) bond motifs is 9. The largest absolute Gasteiger partial charge is 0.456 e. The van der Waals surface area contributed by atoms with Gasteiger partial charge < -0.3 is 13.6 Å². The Labute approximate surface area is 505 Å². The van der Waals surface area contributed by atoms with Gasteiger partial charge in [0.15, 0.2) is 0 Å². The fourth-order valence-electron chi connectivity index (χ4n) is 14.8. The Morgan fingerprint density at radius 3 is 1.72 bits per heavy atom. The molecule has 0 bridgehead atoms. The number of pyridine rings is 3. The zero-order valence-corrected chi connectivity index (χ0v) is 48.1. The summed E-state index contributed by atoms with van der Waals surface area (Å²) in [5.41, 5.74) is 24.7. The van der Waals surface area contributed by atoms with E-state index in [2.05, 4.69) is 234 Å². The molecular formula is C80H60N6O. The van der Waals surface area contributed by atoms with Gasteiger partial charge in [-0.1, -0.05) is 121 Å². The van der Waals surface area contributed by atoms with Crippen LogP contribution in [-0.2, 0) is 6.42 Å². The summed E-state index contributed by atoms with van der Waals surface area (Å²) < 4.78 is 11.7. The van der Waals surface area contributed by atoms with Crippen LogP contribution in [0.2, 0.25) is 0 Å². The molecule has 0 fully saturated rings. The van der Waals surface area contributed by atoms with Crippen LogP contribution in [-0.4, -0.2) is 30.3 Å². The van der Waals surface area contributed by atoms with E-state index in [1.54, 1.807) is 0 Å². The molecule has 13 aromatic rings. The average Bonchev–Trinajstić information content (AvgIpc) is 1.69. The monoisotopic (exact) mass is 1120 g/mol. The minimum atomic E-state index is 0.258. The van der Waals surface area contributed by atoms with Gasteiger partial charge in [0.2, 0.25) is 0 Å². The van der Waals surface area contributed by atoms with Crippen LogP contribution in [0.15, 0.2) is 259 Å². The van der Waals surface area contributed by atoms with Crippen molar-refractivity contribution in [2.75, 3.05) is 0 Å². The van der Waals surface area contributed by atoms with E-state index in [-0.39, 0.29) is 5.92 Å². The zero-order valence-electron chi connectivity index (χ0n) is 48.1. The topological polar surface area (TPSA) is 74.0 Å². The molecule has 0 N–H and O–H groups in total. The highest BCUT2D eigenvalue weighted by atomic mass is 16.3. The maximum absolute atomic E-state index is 6.79. The van der Waals surface area contributed by atoms with Gasteiger partial charge in [-0.3, -0.25) is 19.9 Å². The lowest BCUT2D eigenvalue weighted by Crippen LogP contribution is -2.25. The van der Waals surface area contributed by atoms with Crippen LogP contribution in [0.1, 0.15) is 78.2 Å². The minimum Gasteiger partial charge on any atom is -0.456 e. The molecule has 0 saturated carbocycles. The highest BCUT2D eigenvalue weighted by Crippen LogP contribution is 2.47. The number of aromatic nitrogens is 5. The molecule has 7 heterocycles. The Kier molecular flexibility index (Phi) is 12.4. The first-order valence-corrected chi connectivity index (χ1v) is 30.8. The van der Waals surface area contributed by atoms with Crippen LogP contribution in [0.25, 0.3) is 122 Å². The Balaban J connectivity index is 0.819. The molecule has 3 aliphatic carbocycles. The number of hydrogen-bond acceptors (Lipinski definition) is 5. The van der Waals surface area contributed by atoms with E-state index in [4.69, 9.17) is 24.4 Å². The maximum atomic E-state index is 6.79. The van der Waals surface area contributed by atoms with E-state index in [1.165, 1.54) is 66.3 Å². The molecule has 87 heavy (non-hydrogen) atoms. The van der Waals surface area contributed by atoms with Crippen molar-refractivity contribution in [3.63, 3.8) is 0 Å². The number of rotatable bonds is 10. The molecule has 416 valence electrons. The van der Waals surface area contributed by atoms with E-state index in [9.17, 15) is 0 Å². The number of hydrogen-bond donors (Lipinski definition) is 0. The van der Waals surface area contributed by atoms with Crippen LogP contribution in [0, 0.1) is 11.8 Å². The van der Waals surface area contributed by atoms with Gasteiger partial charge >= 0.3 is 0 Å². The summed E-state index contributed by atoms with van der Waals surface area (Å²) in [4.78, 5) is 19.4. The summed E-state index contributed by atoms with van der Waals surface area (Å²) in [6, 6.07) is 70.8. The number of benzene rings is 7. The molecule has 3 atom stereocenters. The summed E-state index contributed by atoms with van der Waals surface area (Å²) in [5.74, 6) is 1.02. The fraction of sp³-hybridized carbons (Fsp3) is 0.125. The number of allylic oxidation sites excluding steroid dienone is 8. The molecule has 0 saturated heterocycles. The molecule has 3 unspecified atom stereocenters. The molecule has 7 heteroatoms. The molecule has 4 aliphatic rings. The Morgan fingerprint density at radius 2 is 1.03 bits per heavy atom. The van der Waals surface area contributed by atoms with Gasteiger partial charge in [-0.2, -0.15) is 0 Å². The van der Waals surface area contributed by atoms with Crippen molar-refractivity contribution < 1.29 is 4.42 Å². The first-order valence-electron chi connectivity index (χ1n) is 30.8. The summed E-state index contributed by atoms with van der Waals surface area (Å²) >= 11 is 0. The van der Waals surface area contributed by atoms with E-state index >= 15 is 0 Å². The van der Waals surface area contributed by atoms with Crippen LogP contribution in [0.4, 0.5) is 0 Å². The predicted octanol–water partition coefficient (Wildman–Crippen LogP) is 20.2. The molecule has 6 aromatic heterocycles. The number of nitrogens with zero attached hydrogens (tertiary/aromatic N) is 6. The molecule has 1 aliphatic heterocycles. The Morgan fingerprint density at radius 1 is 0.437 bits per heavy atom. The van der Waals surface area contributed by atoms with Crippen LogP contribution < -0.4 is 0 Å². The molecule has 7 nitrogen and oxygen atoms in total. The molecule has 0 amide bonds. The first-order chi connectivity index (χ1) is 43.1. The lowest BCUT2D eigenvalue weighted by Gasteiger charge is -2.34. The Hall–Kier alpha value is -10.5. The second-order valence-electron chi connectivity index (χ2n) is 23.7. The summed E-state index contributed by atoms with van der Waals surface area (Å²) in [5, 5.41) is 5.80. The lowest BCUT2D eigenvalue weighted by molar-refractivity contribution is 0.323. The van der Waals surface area contributed by atoms with E-state index < -0.39 is 0 Å². The van der Waals surface area contributed by atoms with Gasteiger partial charge in [-0.15, -0.1) is 0 Å². The minimum absolute atomic E-state index is 0.258. The zero-order chi connectivity index (χ0) is 57.4. The smallest absolute Gasteiger partial charge is 0.135 e. The molecule has 0 spiro atoms. The van der Waals surface area contributed by atoms with Crippen molar-refractivity contribution in [3.05, 3.63) is 283 Å². The summed E-state index contributed by atoms with van der Waals surface area (Å²) in [6.45, 7) is 0. The van der Waals surface area contributed by atoms with E-state index in [0.717, 1.165) is 129 Å². The fourth-order valence-corrected chi connectivity index (χ4v) is 14.8. The van der Waals surface area contributed by atoms with Crippen molar-refractivity contribution in [1.29, 1.82) is 0 Å². The third kappa shape index (κ3) is 8.78. The van der Waals surface area contributed by atoms with Gasteiger partial charge in [0.25, 0.3) is 0 Å². The van der Waals surface area contributed by atoms with E-state index in [1.807, 2.05) is 36.8 Å². The molecular weight excluding hydrogens is 1060 g/mol. The summed E-state index contributed by atoms with van der Waals surface area (Å²) in [7, 11) is 0. The highest BCUT2D eigenvalue weighted by Gasteiger charge is 2.34. The first kappa shape index (κ1) is 51.0. The number of aliphatic imine (C=N–C) groups is 1. The average molecular weight is 1120 g/mol. The third-order valence-electron chi connectivity index (χ3n) is 18.8. The lowest BCUT2D eigenvalue weighted by atomic mass is 9.70. The molecule has 7 aromatic carbocycles. The maximum Gasteiger partial charge on any atom is 0.135 e. The van der Waals surface area contributed by atoms with Gasteiger partial charge in [0.1, 0.15) is 11.2 Å². The van der Waals surface area contributed by atoms with Crippen LogP contribution in [0.5, 0.6) is 0 Å². The third-order valence-corrected chi connectivity index (χ3v) is 18.8. The SMILES string of the molecule is C1=CC(c2ccccn2)C(C2C=Cc3c(c4cc(-c5ccccc5-c5ccccn5)ccc4n3-c3ccc4oc5ccc(-n6c7ccc(C8=CCCC=C8c8ccccn8)cc7c7cc(-c8ccccc8C8=CCCC=N8)ccc76)cc5c4c3)C2)CC1. The Bertz CT molecular complexity index is 5090. The predicted molar refractivity (Wildman–Crippen MR) is 359 cm³/mol. The van der Waals surface area contributed by atoms with Crippen molar-refractivity contribution in [3.8, 4) is 44.9 Å². The molecule has 0 radical (unpaired) electrons. The van der Waals surface area contributed by atoms with Crippen molar-refractivity contribution >= 4 is 83.8 Å². The normalized spacial score (nSPS) is 17.5. The van der Waals surface area contributed by atoms with Gasteiger partial charge in [0, 0.05) is 97.1 Å². The van der Waals surface area contributed by atoms with Gasteiger partial charge in [-0.05, 0) is 211 Å². The van der Waals surface area contributed by atoms with Gasteiger partial charge in [0.05, 0.1) is 33.6 Å².